The Balaban J connectivity index is 2.04. The summed E-state index contributed by atoms with van der Waals surface area (Å²) < 4.78 is 0. The third kappa shape index (κ3) is 3.97. The molecule has 6 heteroatoms. The van der Waals surface area contributed by atoms with Gasteiger partial charge in [-0.3, -0.25) is 0 Å². The van der Waals surface area contributed by atoms with Gasteiger partial charge in [0, 0.05) is 11.4 Å². The first-order chi connectivity index (χ1) is 9.95. The van der Waals surface area contributed by atoms with Gasteiger partial charge in [-0.25, -0.2) is 9.59 Å². The van der Waals surface area contributed by atoms with E-state index in [1.54, 1.807) is 12.1 Å². The zero-order chi connectivity index (χ0) is 15.4. The van der Waals surface area contributed by atoms with Crippen LogP contribution in [0.1, 0.15) is 15.9 Å². The minimum atomic E-state index is -1.12. The van der Waals surface area contributed by atoms with Crippen LogP contribution in [0.2, 0.25) is 5.02 Å². The van der Waals surface area contributed by atoms with Gasteiger partial charge in [-0.1, -0.05) is 29.3 Å². The number of aryl methyl sites for hydroxylation is 1. The molecule has 0 bridgehead atoms. The summed E-state index contributed by atoms with van der Waals surface area (Å²) in [7, 11) is 0. The van der Waals surface area contributed by atoms with E-state index in [1.165, 1.54) is 18.2 Å². The van der Waals surface area contributed by atoms with Crippen molar-refractivity contribution in [1.29, 1.82) is 0 Å². The fraction of sp³-hybridized carbons (Fsp3) is 0.0667. The predicted octanol–water partition coefficient (Wildman–Crippen LogP) is 3.99. The second kappa shape index (κ2) is 6.28. The molecule has 5 nitrogen and oxygen atoms in total. The minimum Gasteiger partial charge on any atom is -0.478 e. The van der Waals surface area contributed by atoms with Crippen LogP contribution in [0.3, 0.4) is 0 Å². The molecule has 0 heterocycles. The molecule has 0 radical (unpaired) electrons. The van der Waals surface area contributed by atoms with Crippen molar-refractivity contribution in [1.82, 2.24) is 0 Å². The SMILES string of the molecule is Cc1ccc(NC(=O)Nc2ccc(C(=O)O)c(Cl)c2)cc1. The number of amides is 2. The Hall–Kier alpha value is -2.53. The van der Waals surface area contributed by atoms with Crippen LogP contribution >= 0.6 is 11.6 Å². The summed E-state index contributed by atoms with van der Waals surface area (Å²) in [6.45, 7) is 1.95. The summed E-state index contributed by atoms with van der Waals surface area (Å²) in [6.07, 6.45) is 0. The average Bonchev–Trinajstić information content (AvgIpc) is 2.41. The molecule has 0 atom stereocenters. The molecule has 21 heavy (non-hydrogen) atoms. The van der Waals surface area contributed by atoms with E-state index in [9.17, 15) is 9.59 Å². The van der Waals surface area contributed by atoms with Gasteiger partial charge in [0.1, 0.15) is 0 Å². The number of rotatable bonds is 3. The van der Waals surface area contributed by atoms with Gasteiger partial charge in [0.05, 0.1) is 10.6 Å². The average molecular weight is 305 g/mol. The number of hydrogen-bond acceptors (Lipinski definition) is 2. The molecule has 0 aliphatic rings. The van der Waals surface area contributed by atoms with E-state index < -0.39 is 12.0 Å². The standard InChI is InChI=1S/C15H13ClN2O3/c1-9-2-4-10(5-3-9)17-15(21)18-11-6-7-12(14(19)20)13(16)8-11/h2-8H,1H3,(H,19,20)(H2,17,18,21). The Morgan fingerprint density at radius 1 is 1.00 bits per heavy atom. The van der Waals surface area contributed by atoms with Crippen LogP contribution < -0.4 is 10.6 Å². The molecule has 2 amide bonds. The zero-order valence-electron chi connectivity index (χ0n) is 11.2. The first-order valence-corrected chi connectivity index (χ1v) is 6.51. The molecule has 0 aromatic heterocycles. The van der Waals surface area contributed by atoms with Crippen LogP contribution in [0.4, 0.5) is 16.2 Å². The van der Waals surface area contributed by atoms with Gasteiger partial charge in [-0.2, -0.15) is 0 Å². The van der Waals surface area contributed by atoms with E-state index in [4.69, 9.17) is 16.7 Å². The van der Waals surface area contributed by atoms with Crippen molar-refractivity contribution >= 4 is 35.0 Å². The van der Waals surface area contributed by atoms with Gasteiger partial charge in [-0.05, 0) is 37.3 Å². The van der Waals surface area contributed by atoms with Crippen molar-refractivity contribution in [3.05, 3.63) is 58.6 Å². The fourth-order valence-corrected chi connectivity index (χ4v) is 1.96. The summed E-state index contributed by atoms with van der Waals surface area (Å²) in [6, 6.07) is 11.1. The Morgan fingerprint density at radius 3 is 2.14 bits per heavy atom. The van der Waals surface area contributed by atoms with E-state index in [1.807, 2.05) is 19.1 Å². The van der Waals surface area contributed by atoms with Crippen LogP contribution in [0, 0.1) is 6.92 Å². The molecule has 0 unspecified atom stereocenters. The lowest BCUT2D eigenvalue weighted by molar-refractivity contribution is 0.0697. The molecule has 108 valence electrons. The molecule has 0 aliphatic heterocycles. The third-order valence-corrected chi connectivity index (χ3v) is 3.08. The maximum Gasteiger partial charge on any atom is 0.337 e. The number of urea groups is 1. The summed E-state index contributed by atoms with van der Waals surface area (Å²) in [4.78, 5) is 22.7. The number of carboxylic acid groups (broad SMARTS) is 1. The quantitative estimate of drug-likeness (QED) is 0.802. The zero-order valence-corrected chi connectivity index (χ0v) is 11.9. The number of hydrogen-bond donors (Lipinski definition) is 3. The van der Waals surface area contributed by atoms with Crippen LogP contribution in [0.5, 0.6) is 0 Å². The molecular weight excluding hydrogens is 292 g/mol. The number of benzene rings is 2. The van der Waals surface area contributed by atoms with Crippen LogP contribution in [0.15, 0.2) is 42.5 Å². The van der Waals surface area contributed by atoms with Crippen molar-refractivity contribution in [2.75, 3.05) is 10.6 Å². The van der Waals surface area contributed by atoms with E-state index >= 15 is 0 Å². The summed E-state index contributed by atoms with van der Waals surface area (Å²) in [5, 5.41) is 14.2. The van der Waals surface area contributed by atoms with Crippen LogP contribution in [0.25, 0.3) is 0 Å². The first-order valence-electron chi connectivity index (χ1n) is 6.13. The monoisotopic (exact) mass is 304 g/mol. The predicted molar refractivity (Wildman–Crippen MR) is 82.2 cm³/mol. The topological polar surface area (TPSA) is 78.4 Å². The Kier molecular flexibility index (Phi) is 4.45. The highest BCUT2D eigenvalue weighted by Gasteiger charge is 2.10. The Morgan fingerprint density at radius 2 is 1.57 bits per heavy atom. The van der Waals surface area contributed by atoms with E-state index in [2.05, 4.69) is 10.6 Å². The molecule has 0 saturated carbocycles. The lowest BCUT2D eigenvalue weighted by atomic mass is 10.2. The lowest BCUT2D eigenvalue weighted by Crippen LogP contribution is -2.19. The van der Waals surface area contributed by atoms with Gasteiger partial charge >= 0.3 is 12.0 Å². The van der Waals surface area contributed by atoms with E-state index in [0.717, 1.165) is 5.56 Å². The van der Waals surface area contributed by atoms with Gasteiger partial charge < -0.3 is 15.7 Å². The summed E-state index contributed by atoms with van der Waals surface area (Å²) in [5.74, 6) is -1.12. The van der Waals surface area contributed by atoms with Gasteiger partial charge in [-0.15, -0.1) is 0 Å². The first kappa shape index (κ1) is 14.9. The number of anilines is 2. The number of aromatic carboxylic acids is 1. The van der Waals surface area contributed by atoms with E-state index in [0.29, 0.717) is 11.4 Å². The summed E-state index contributed by atoms with van der Waals surface area (Å²) in [5.41, 5.74) is 2.15. The molecule has 2 aromatic rings. The molecular formula is C15H13ClN2O3. The molecule has 0 aliphatic carbocycles. The second-order valence-corrected chi connectivity index (χ2v) is 4.85. The lowest BCUT2D eigenvalue weighted by Gasteiger charge is -2.09. The molecule has 0 fully saturated rings. The number of carbonyl (C=O) groups excluding carboxylic acids is 1. The normalized spacial score (nSPS) is 10.0. The third-order valence-electron chi connectivity index (χ3n) is 2.77. The van der Waals surface area contributed by atoms with Gasteiger partial charge in [0.2, 0.25) is 0 Å². The number of nitrogens with one attached hydrogen (secondary N) is 2. The molecule has 0 spiro atoms. The highest BCUT2D eigenvalue weighted by molar-refractivity contribution is 6.33. The maximum absolute atomic E-state index is 11.8. The number of halogens is 1. The van der Waals surface area contributed by atoms with Crippen LogP contribution in [-0.4, -0.2) is 17.1 Å². The molecule has 0 saturated heterocycles. The van der Waals surface area contributed by atoms with Crippen molar-refractivity contribution in [2.45, 2.75) is 6.92 Å². The van der Waals surface area contributed by atoms with Crippen molar-refractivity contribution in [2.24, 2.45) is 0 Å². The van der Waals surface area contributed by atoms with Crippen LogP contribution in [-0.2, 0) is 0 Å². The van der Waals surface area contributed by atoms with Gasteiger partial charge in [0.25, 0.3) is 0 Å². The van der Waals surface area contributed by atoms with Crippen molar-refractivity contribution in [3.63, 3.8) is 0 Å². The molecule has 3 N–H and O–H groups in total. The number of carboxylic acids is 1. The van der Waals surface area contributed by atoms with Gasteiger partial charge in [0.15, 0.2) is 0 Å². The van der Waals surface area contributed by atoms with Crippen molar-refractivity contribution in [3.8, 4) is 0 Å². The smallest absolute Gasteiger partial charge is 0.337 e. The highest BCUT2D eigenvalue weighted by atomic mass is 35.5. The summed E-state index contributed by atoms with van der Waals surface area (Å²) >= 11 is 5.83. The Labute approximate surface area is 126 Å². The largest absolute Gasteiger partial charge is 0.478 e. The van der Waals surface area contributed by atoms with E-state index in [-0.39, 0.29) is 10.6 Å². The maximum atomic E-state index is 11.8. The van der Waals surface area contributed by atoms with Crippen molar-refractivity contribution < 1.29 is 14.7 Å². The molecule has 2 aromatic carbocycles. The fourth-order valence-electron chi connectivity index (χ4n) is 1.70. The Bertz CT molecular complexity index is 684. The second-order valence-electron chi connectivity index (χ2n) is 4.44. The highest BCUT2D eigenvalue weighted by Crippen LogP contribution is 2.21. The molecule has 2 rings (SSSR count). The minimum absolute atomic E-state index is 0.0128. The number of carbonyl (C=O) groups is 2.